The van der Waals surface area contributed by atoms with Crippen LogP contribution in [0.2, 0.25) is 0 Å². The lowest BCUT2D eigenvalue weighted by Gasteiger charge is -2.04. The molecule has 0 aliphatic carbocycles. The Labute approximate surface area is 108 Å². The number of hydrogen-bond acceptors (Lipinski definition) is 4. The number of anilines is 2. The fourth-order valence-corrected chi connectivity index (χ4v) is 1.96. The molecule has 0 spiro atoms. The van der Waals surface area contributed by atoms with Crippen molar-refractivity contribution in [2.24, 2.45) is 0 Å². The second-order valence-electron chi connectivity index (χ2n) is 4.22. The van der Waals surface area contributed by atoms with E-state index >= 15 is 0 Å². The molecule has 7 nitrogen and oxygen atoms in total. The quantitative estimate of drug-likeness (QED) is 0.555. The summed E-state index contributed by atoms with van der Waals surface area (Å²) in [6.07, 6.45) is 3.20. The molecule has 0 saturated carbocycles. The van der Waals surface area contributed by atoms with Crippen LogP contribution in [0, 0.1) is 6.92 Å². The Balaban J connectivity index is 2.06. The van der Waals surface area contributed by atoms with Gasteiger partial charge in [0.05, 0.1) is 11.1 Å². The van der Waals surface area contributed by atoms with E-state index in [9.17, 15) is 4.79 Å². The number of aromatic amines is 2. The van der Waals surface area contributed by atoms with Gasteiger partial charge < -0.3 is 15.7 Å². The lowest BCUT2D eigenvalue weighted by Crippen LogP contribution is -2.13. The maximum absolute atomic E-state index is 12.2. The van der Waals surface area contributed by atoms with Crippen molar-refractivity contribution in [3.8, 4) is 0 Å². The minimum atomic E-state index is -0.282. The van der Waals surface area contributed by atoms with Gasteiger partial charge in [-0.25, -0.2) is 9.97 Å². The number of hydrogen-bond donors (Lipinski definition) is 4. The van der Waals surface area contributed by atoms with E-state index in [-0.39, 0.29) is 11.9 Å². The van der Waals surface area contributed by atoms with E-state index in [4.69, 9.17) is 5.73 Å². The molecular formula is C12H12N6O. The molecule has 2 heterocycles. The lowest BCUT2D eigenvalue weighted by molar-refractivity contribution is 0.102. The summed E-state index contributed by atoms with van der Waals surface area (Å²) in [7, 11) is 0. The normalized spacial score (nSPS) is 10.8. The highest BCUT2D eigenvalue weighted by Crippen LogP contribution is 2.20. The molecule has 1 aromatic carbocycles. The van der Waals surface area contributed by atoms with Crippen molar-refractivity contribution in [3.63, 3.8) is 0 Å². The summed E-state index contributed by atoms with van der Waals surface area (Å²) in [5, 5.41) is 2.67. The molecule has 3 aromatic rings. The molecule has 0 aliphatic heterocycles. The molecule has 19 heavy (non-hydrogen) atoms. The van der Waals surface area contributed by atoms with Gasteiger partial charge in [0.1, 0.15) is 5.52 Å². The molecule has 0 radical (unpaired) electrons. The number of nitrogens with zero attached hydrogens (tertiary/aromatic N) is 2. The number of fused-ring (bicyclic) bond motifs is 1. The number of imidazole rings is 2. The van der Waals surface area contributed by atoms with Crippen LogP contribution in [0.15, 0.2) is 24.5 Å². The van der Waals surface area contributed by atoms with Gasteiger partial charge in [0.15, 0.2) is 5.95 Å². The van der Waals surface area contributed by atoms with Gasteiger partial charge in [-0.3, -0.25) is 10.1 Å². The van der Waals surface area contributed by atoms with Crippen LogP contribution < -0.4 is 11.1 Å². The molecule has 0 aliphatic rings. The third-order valence-corrected chi connectivity index (χ3v) is 2.72. The minimum absolute atomic E-state index is 0.282. The summed E-state index contributed by atoms with van der Waals surface area (Å²) >= 11 is 0. The monoisotopic (exact) mass is 256 g/mol. The number of benzene rings is 1. The Morgan fingerprint density at radius 2 is 2.26 bits per heavy atom. The highest BCUT2D eigenvalue weighted by Gasteiger charge is 2.15. The predicted octanol–water partition coefficient (Wildman–Crippen LogP) is 1.43. The number of amides is 1. The van der Waals surface area contributed by atoms with Crippen molar-refractivity contribution in [1.29, 1.82) is 0 Å². The van der Waals surface area contributed by atoms with Crippen molar-refractivity contribution < 1.29 is 4.79 Å². The van der Waals surface area contributed by atoms with Gasteiger partial charge in [0.2, 0.25) is 5.95 Å². The molecule has 0 atom stereocenters. The number of nitrogen functional groups attached to an aromatic ring is 1. The van der Waals surface area contributed by atoms with Gasteiger partial charge in [-0.05, 0) is 24.6 Å². The topological polar surface area (TPSA) is 112 Å². The van der Waals surface area contributed by atoms with Crippen molar-refractivity contribution in [3.05, 3.63) is 35.7 Å². The molecule has 96 valence electrons. The zero-order chi connectivity index (χ0) is 13.4. The lowest BCUT2D eigenvalue weighted by atomic mass is 10.1. The smallest absolute Gasteiger partial charge is 0.260 e. The standard InChI is InChI=1S/C12H12N6O/c1-6-4-7(9-8(5-6)16-11(13)17-9)10(19)18-12-14-2-3-15-12/h2-5H,1H3,(H3,13,16,17)(H2,14,15,18,19). The van der Waals surface area contributed by atoms with Gasteiger partial charge in [0.25, 0.3) is 5.91 Å². The SMILES string of the molecule is Cc1cc(C(=O)Nc2ncc[nH]2)c2nc(N)[nH]c2c1. The van der Waals surface area contributed by atoms with Gasteiger partial charge >= 0.3 is 0 Å². The first kappa shape index (κ1) is 11.3. The number of nitrogens with two attached hydrogens (primary N) is 1. The van der Waals surface area contributed by atoms with E-state index in [2.05, 4.69) is 25.3 Å². The van der Waals surface area contributed by atoms with Crippen LogP contribution in [-0.4, -0.2) is 25.8 Å². The number of rotatable bonds is 2. The zero-order valence-corrected chi connectivity index (χ0v) is 10.2. The first-order valence-corrected chi connectivity index (χ1v) is 5.70. The molecule has 0 unspecified atom stereocenters. The summed E-state index contributed by atoms with van der Waals surface area (Å²) < 4.78 is 0. The van der Waals surface area contributed by atoms with Crippen LogP contribution in [0.1, 0.15) is 15.9 Å². The van der Waals surface area contributed by atoms with E-state index in [1.165, 1.54) is 0 Å². The minimum Gasteiger partial charge on any atom is -0.369 e. The van der Waals surface area contributed by atoms with E-state index in [1.54, 1.807) is 18.5 Å². The molecular weight excluding hydrogens is 244 g/mol. The predicted molar refractivity (Wildman–Crippen MR) is 71.8 cm³/mol. The van der Waals surface area contributed by atoms with Crippen molar-refractivity contribution in [2.45, 2.75) is 6.92 Å². The number of aryl methyl sites for hydroxylation is 1. The highest BCUT2D eigenvalue weighted by atomic mass is 16.1. The van der Waals surface area contributed by atoms with Crippen LogP contribution in [0.3, 0.4) is 0 Å². The van der Waals surface area contributed by atoms with Gasteiger partial charge in [0, 0.05) is 12.4 Å². The van der Waals surface area contributed by atoms with Crippen molar-refractivity contribution in [2.75, 3.05) is 11.1 Å². The van der Waals surface area contributed by atoms with Crippen LogP contribution >= 0.6 is 0 Å². The molecule has 0 saturated heterocycles. The maximum atomic E-state index is 12.2. The first-order chi connectivity index (χ1) is 9.13. The Hall–Kier alpha value is -2.83. The van der Waals surface area contributed by atoms with E-state index in [1.807, 2.05) is 13.0 Å². The third-order valence-electron chi connectivity index (χ3n) is 2.72. The second kappa shape index (κ2) is 4.13. The summed E-state index contributed by atoms with van der Waals surface area (Å²) in [6.45, 7) is 1.90. The molecule has 2 aromatic heterocycles. The van der Waals surface area contributed by atoms with Crippen LogP contribution in [-0.2, 0) is 0 Å². The molecule has 0 fully saturated rings. The first-order valence-electron chi connectivity index (χ1n) is 5.70. The fourth-order valence-electron chi connectivity index (χ4n) is 1.96. The number of carbonyl (C=O) groups excluding carboxylic acids is 1. The van der Waals surface area contributed by atoms with E-state index in [0.29, 0.717) is 17.0 Å². The van der Waals surface area contributed by atoms with Crippen LogP contribution in [0.5, 0.6) is 0 Å². The number of aromatic nitrogens is 4. The molecule has 7 heteroatoms. The Morgan fingerprint density at radius 1 is 1.42 bits per heavy atom. The molecule has 5 N–H and O–H groups in total. The largest absolute Gasteiger partial charge is 0.369 e. The summed E-state index contributed by atoms with van der Waals surface area (Å²) in [4.78, 5) is 26.0. The third kappa shape index (κ3) is 2.01. The summed E-state index contributed by atoms with van der Waals surface area (Å²) in [5.74, 6) is 0.394. The Bertz CT molecular complexity index is 743. The van der Waals surface area contributed by atoms with Crippen LogP contribution in [0.4, 0.5) is 11.9 Å². The summed E-state index contributed by atoms with van der Waals surface area (Å²) in [6, 6.07) is 3.66. The van der Waals surface area contributed by atoms with Crippen molar-refractivity contribution in [1.82, 2.24) is 19.9 Å². The van der Waals surface area contributed by atoms with Crippen LogP contribution in [0.25, 0.3) is 11.0 Å². The molecule has 1 amide bonds. The number of nitrogens with one attached hydrogen (secondary N) is 3. The average molecular weight is 256 g/mol. The number of carbonyl (C=O) groups is 1. The van der Waals surface area contributed by atoms with E-state index < -0.39 is 0 Å². The highest BCUT2D eigenvalue weighted by molar-refractivity contribution is 6.11. The summed E-state index contributed by atoms with van der Waals surface area (Å²) in [5.41, 5.74) is 8.32. The molecule has 0 bridgehead atoms. The second-order valence-corrected chi connectivity index (χ2v) is 4.22. The Morgan fingerprint density at radius 3 is 3.00 bits per heavy atom. The van der Waals surface area contributed by atoms with Gasteiger partial charge in [-0.15, -0.1) is 0 Å². The van der Waals surface area contributed by atoms with Gasteiger partial charge in [-0.1, -0.05) is 0 Å². The Kier molecular flexibility index (Phi) is 2.45. The average Bonchev–Trinajstić information content (AvgIpc) is 2.96. The van der Waals surface area contributed by atoms with Crippen molar-refractivity contribution >= 4 is 28.8 Å². The maximum Gasteiger partial charge on any atom is 0.260 e. The fraction of sp³-hybridized carbons (Fsp3) is 0.0833. The van der Waals surface area contributed by atoms with E-state index in [0.717, 1.165) is 11.1 Å². The van der Waals surface area contributed by atoms with Gasteiger partial charge in [-0.2, -0.15) is 0 Å². The molecule has 3 rings (SSSR count). The zero-order valence-electron chi connectivity index (χ0n) is 10.2. The number of H-pyrrole nitrogens is 2.